The SMILES string of the molecule is C1CCOCC1.CC(C(=O)CO)c1ccc(CBr)cc1.CCC(C(=O)c1ccc(F)cc1)N(C)C.CCC(Cc1ccc(C(C)C(=O)O)cc1)(C(=O)c1ccc(F)cc1)N(C)C.CCC(Cc1ccc(C(C)C(=O)O)cc1)(C(=O)c1ccc(N2CCOCC2)cc1)N(C)C.[Na+].[OH-]. The van der Waals surface area contributed by atoms with Gasteiger partial charge in [0.1, 0.15) is 18.2 Å². The van der Waals surface area contributed by atoms with Crippen molar-refractivity contribution in [2.45, 2.75) is 133 Å². The van der Waals surface area contributed by atoms with Crippen molar-refractivity contribution in [1.29, 1.82) is 0 Å². The number of carbonyl (C=O) groups excluding carboxylic acids is 4. The van der Waals surface area contributed by atoms with Gasteiger partial charge in [0.05, 0.1) is 42.2 Å². The fraction of sp³-hybridized carbons (Fsp3) is 0.447. The molecule has 0 spiro atoms. The Hall–Kier alpha value is -6.20. The van der Waals surface area contributed by atoms with E-state index in [2.05, 4.69) is 20.8 Å². The van der Waals surface area contributed by atoms with Crippen LogP contribution in [0.1, 0.15) is 162 Å². The minimum Gasteiger partial charge on any atom is -0.870 e. The summed E-state index contributed by atoms with van der Waals surface area (Å²) in [7, 11) is 11.4. The van der Waals surface area contributed by atoms with E-state index in [1.165, 1.54) is 73.4 Å². The second-order valence-corrected chi connectivity index (χ2v) is 25.0. The van der Waals surface area contributed by atoms with Crippen molar-refractivity contribution < 1.29 is 97.4 Å². The summed E-state index contributed by atoms with van der Waals surface area (Å²) in [6.07, 6.45) is 6.97. The van der Waals surface area contributed by atoms with Crippen LogP contribution in [0.3, 0.4) is 0 Å². The second kappa shape index (κ2) is 43.3. The van der Waals surface area contributed by atoms with Crippen LogP contribution in [-0.4, -0.2) is 176 Å². The summed E-state index contributed by atoms with van der Waals surface area (Å²) in [5.41, 5.74) is 6.99. The van der Waals surface area contributed by atoms with Crippen molar-refractivity contribution in [2.75, 3.05) is 93.3 Å². The number of Topliss-reactive ketones (excluding diaryl/α,β-unsaturated/α-hetero) is 4. The fourth-order valence-corrected chi connectivity index (χ4v) is 11.5. The van der Waals surface area contributed by atoms with Crippen LogP contribution < -0.4 is 34.5 Å². The minimum absolute atomic E-state index is 0. The number of carbonyl (C=O) groups is 6. The zero-order valence-electron chi connectivity index (χ0n) is 58.5. The van der Waals surface area contributed by atoms with Crippen molar-refractivity contribution in [2.24, 2.45) is 0 Å². The summed E-state index contributed by atoms with van der Waals surface area (Å²) >= 11 is 3.35. The number of rotatable bonds is 25. The number of benzene rings is 6. The Labute approximate surface area is 598 Å². The van der Waals surface area contributed by atoms with Gasteiger partial charge in [-0.2, -0.15) is 0 Å². The number of hydrogen-bond acceptors (Lipinski definition) is 14. The molecular formula is C76H100BrF2N4NaO12. The van der Waals surface area contributed by atoms with Crippen LogP contribution in [0.2, 0.25) is 0 Å². The summed E-state index contributed by atoms with van der Waals surface area (Å²) in [6.45, 7) is 15.9. The first kappa shape index (κ1) is 85.9. The van der Waals surface area contributed by atoms with Crippen LogP contribution in [0.5, 0.6) is 0 Å². The number of anilines is 1. The van der Waals surface area contributed by atoms with Gasteiger partial charge in [-0.1, -0.05) is 116 Å². The first-order valence-corrected chi connectivity index (χ1v) is 33.4. The topological polar surface area (TPSA) is 225 Å². The Morgan fingerprint density at radius 2 is 0.875 bits per heavy atom. The van der Waals surface area contributed by atoms with Gasteiger partial charge < -0.3 is 35.2 Å². The number of aliphatic hydroxyl groups is 1. The largest absolute Gasteiger partial charge is 1.00 e. The molecule has 0 radical (unpaired) electrons. The number of aliphatic carboxylic acids is 2. The van der Waals surface area contributed by atoms with Crippen molar-refractivity contribution >= 4 is 56.7 Å². The van der Waals surface area contributed by atoms with Crippen LogP contribution >= 0.6 is 15.9 Å². The molecule has 2 heterocycles. The standard InChI is InChI=1S/C26H34N2O4.C22H26FNO3.C12H16FNO.C11H13BrO2.C5H10O.Na.H2O/c1-5-26(27(3)4,18-20-6-8-21(9-7-20)19(2)25(30)31)24(29)22-10-12-23(13-11-22)28-14-16-32-17-15-28;1-5-22(24(3)4,20(25)18-10-12-19(23)13-11-18)14-16-6-8-17(9-7-16)15(2)21(26)27;1-4-11(14(2)3)12(15)9-5-7-10(13)8-6-9;1-8(11(14)7-13)10-4-2-9(6-12)3-5-10;1-2-4-6-5-3-1;;/h6-13,19H,5,14-18H2,1-4H3,(H,30,31);6-13,15H,5,14H2,1-4H3,(H,26,27);5-8,11H,4H2,1-3H3;2-5,8,13H,6-7H2,1H3;1-5H2;;1H2/q;;;;;+1;/p-1. The molecule has 16 nitrogen and oxygen atoms in total. The number of alkyl halides is 1. The number of likely N-dealkylation sites (N-methyl/N-ethyl adjacent to an activating group) is 3. The molecule has 0 aliphatic carbocycles. The molecule has 0 aromatic heterocycles. The van der Waals surface area contributed by atoms with Crippen molar-refractivity contribution in [3.05, 3.63) is 207 Å². The molecule has 0 saturated carbocycles. The third kappa shape index (κ3) is 25.3. The van der Waals surface area contributed by atoms with E-state index in [0.717, 1.165) is 84.8 Å². The Bertz CT molecular complexity index is 3290. The molecule has 96 heavy (non-hydrogen) atoms. The molecule has 4 N–H and O–H groups in total. The van der Waals surface area contributed by atoms with E-state index < -0.39 is 34.9 Å². The van der Waals surface area contributed by atoms with Crippen LogP contribution in [-0.2, 0) is 42.0 Å². The summed E-state index contributed by atoms with van der Waals surface area (Å²) in [6, 6.07) is 41.8. The Morgan fingerprint density at radius 3 is 1.18 bits per heavy atom. The quantitative estimate of drug-likeness (QED) is 0.0275. The molecule has 2 aliphatic rings. The third-order valence-corrected chi connectivity index (χ3v) is 18.5. The Kier molecular flexibility index (Phi) is 38.7. The number of ketones is 4. The average Bonchev–Trinajstić information content (AvgIpc) is 0.795. The molecule has 6 atom stereocenters. The first-order valence-electron chi connectivity index (χ1n) is 32.3. The number of halogens is 3. The van der Waals surface area contributed by atoms with E-state index in [4.69, 9.17) is 19.7 Å². The van der Waals surface area contributed by atoms with Crippen molar-refractivity contribution in [3.63, 3.8) is 0 Å². The molecule has 8 rings (SSSR count). The normalized spacial score (nSPS) is 15.1. The molecule has 2 saturated heterocycles. The van der Waals surface area contributed by atoms with E-state index in [0.29, 0.717) is 42.4 Å². The molecule has 0 amide bonds. The van der Waals surface area contributed by atoms with Gasteiger partial charge in [-0.3, -0.25) is 43.5 Å². The van der Waals surface area contributed by atoms with Crippen molar-refractivity contribution in [3.8, 4) is 0 Å². The number of aliphatic hydroxyl groups excluding tert-OH is 1. The number of morpholine rings is 1. The average molecular weight is 1400 g/mol. The Balaban J connectivity index is 0.000000440. The van der Waals surface area contributed by atoms with Crippen LogP contribution in [0, 0.1) is 11.6 Å². The molecule has 518 valence electrons. The zero-order chi connectivity index (χ0) is 69.7. The van der Waals surface area contributed by atoms with E-state index in [1.807, 2.05) is 170 Å². The zero-order valence-corrected chi connectivity index (χ0v) is 62.0. The minimum atomic E-state index is -0.870. The summed E-state index contributed by atoms with van der Waals surface area (Å²) < 4.78 is 36.4. The van der Waals surface area contributed by atoms with Crippen LogP contribution in [0.4, 0.5) is 14.5 Å². The van der Waals surface area contributed by atoms with Gasteiger partial charge in [0.25, 0.3) is 0 Å². The molecule has 6 unspecified atom stereocenters. The predicted octanol–water partition coefficient (Wildman–Crippen LogP) is 10.6. The van der Waals surface area contributed by atoms with Crippen LogP contribution in [0.25, 0.3) is 0 Å². The number of hydrogen-bond donors (Lipinski definition) is 3. The molecule has 6 aromatic rings. The molecule has 0 bridgehead atoms. The number of ether oxygens (including phenoxy) is 2. The van der Waals surface area contributed by atoms with Crippen molar-refractivity contribution in [1.82, 2.24) is 14.7 Å². The van der Waals surface area contributed by atoms with Gasteiger partial charge in [-0.15, -0.1) is 0 Å². The number of carboxylic acid groups (broad SMARTS) is 2. The maximum absolute atomic E-state index is 13.7. The second-order valence-electron chi connectivity index (χ2n) is 24.5. The van der Waals surface area contributed by atoms with Crippen LogP contribution in [0.15, 0.2) is 146 Å². The van der Waals surface area contributed by atoms with Gasteiger partial charge in [0.15, 0.2) is 23.1 Å². The molecule has 2 aliphatic heterocycles. The smallest absolute Gasteiger partial charge is 0.870 e. The van der Waals surface area contributed by atoms with E-state index in [9.17, 15) is 42.7 Å². The van der Waals surface area contributed by atoms with Gasteiger partial charge in [0, 0.05) is 59.9 Å². The van der Waals surface area contributed by atoms with Gasteiger partial charge in [-0.25, -0.2) is 8.78 Å². The maximum Gasteiger partial charge on any atom is 1.00 e. The molecular weight excluding hydrogens is 1300 g/mol. The van der Waals surface area contributed by atoms with E-state index in [-0.39, 0.29) is 88.4 Å². The fourth-order valence-electron chi connectivity index (χ4n) is 11.2. The summed E-state index contributed by atoms with van der Waals surface area (Å²) in [5.74, 6) is -3.81. The molecule has 2 fully saturated rings. The maximum atomic E-state index is 13.7. The predicted molar refractivity (Wildman–Crippen MR) is 375 cm³/mol. The monoisotopic (exact) mass is 1400 g/mol. The number of nitrogens with zero attached hydrogens (tertiary/aromatic N) is 4. The van der Waals surface area contributed by atoms with Gasteiger partial charge >= 0.3 is 41.5 Å². The first-order chi connectivity index (χ1) is 44.7. The summed E-state index contributed by atoms with van der Waals surface area (Å²) in [4.78, 5) is 80.7. The van der Waals surface area contributed by atoms with E-state index >= 15 is 0 Å². The van der Waals surface area contributed by atoms with E-state index in [1.54, 1.807) is 26.0 Å². The third-order valence-electron chi connectivity index (χ3n) is 17.8. The molecule has 6 aromatic carbocycles. The van der Waals surface area contributed by atoms with Gasteiger partial charge in [-0.05, 0) is 214 Å². The Morgan fingerprint density at radius 1 is 0.521 bits per heavy atom. The summed E-state index contributed by atoms with van der Waals surface area (Å²) in [5, 5.41) is 27.9. The molecule has 20 heteroatoms. The van der Waals surface area contributed by atoms with Gasteiger partial charge in [0.2, 0.25) is 0 Å². The number of carboxylic acids is 2.